The highest BCUT2D eigenvalue weighted by Crippen LogP contribution is 2.25. The molecule has 3 nitrogen and oxygen atoms in total. The van der Waals surface area contributed by atoms with Gasteiger partial charge in [0, 0.05) is 23.2 Å². The Kier molecular flexibility index (Phi) is 2.72. The van der Waals surface area contributed by atoms with Crippen molar-refractivity contribution in [1.29, 1.82) is 0 Å². The zero-order chi connectivity index (χ0) is 13.6. The van der Waals surface area contributed by atoms with Gasteiger partial charge in [-0.2, -0.15) is 0 Å². The number of nitrogens with zero attached hydrogens (tertiary/aromatic N) is 1. The zero-order valence-electron chi connectivity index (χ0n) is 10.6. The number of pyridine rings is 1. The number of hydrogen-bond acceptors (Lipinski definition) is 2. The first-order valence-corrected chi connectivity index (χ1v) is 6.30. The van der Waals surface area contributed by atoms with E-state index in [-0.39, 0.29) is 5.43 Å². The van der Waals surface area contributed by atoms with Crippen molar-refractivity contribution in [3.05, 3.63) is 57.5 Å². The van der Waals surface area contributed by atoms with Crippen molar-refractivity contribution in [2.45, 2.75) is 6.92 Å². The molecule has 0 aliphatic rings. The van der Waals surface area contributed by atoms with Crippen LogP contribution in [0.1, 0.15) is 5.69 Å². The number of aryl methyl sites for hydroxylation is 1. The quantitative estimate of drug-likeness (QED) is 0.677. The van der Waals surface area contributed by atoms with Crippen LogP contribution in [0.2, 0.25) is 5.02 Å². The van der Waals surface area contributed by atoms with E-state index in [1.54, 1.807) is 30.5 Å². The van der Waals surface area contributed by atoms with Gasteiger partial charge in [0.25, 0.3) is 0 Å². The van der Waals surface area contributed by atoms with Gasteiger partial charge in [0.2, 0.25) is 5.43 Å². The van der Waals surface area contributed by atoms with Crippen LogP contribution in [0.4, 0.5) is 0 Å². The van der Waals surface area contributed by atoms with Gasteiger partial charge in [-0.25, -0.2) is 0 Å². The summed E-state index contributed by atoms with van der Waals surface area (Å²) in [5, 5.41) is 1.16. The van der Waals surface area contributed by atoms with Crippen molar-refractivity contribution >= 4 is 22.5 Å². The minimum Gasteiger partial charge on any atom is -0.464 e. The molecule has 0 amide bonds. The fourth-order valence-corrected chi connectivity index (χ4v) is 2.51. The minimum atomic E-state index is -0.0527. The molecule has 1 aromatic carbocycles. The van der Waals surface area contributed by atoms with E-state index in [9.17, 15) is 4.79 Å². The fourth-order valence-electron chi connectivity index (χ4n) is 2.34. The van der Waals surface area contributed by atoms with Crippen LogP contribution >= 0.6 is 11.6 Å². The highest BCUT2D eigenvalue weighted by atomic mass is 35.5. The number of furan rings is 1. The SMILES string of the molecule is Cc1c(-c2ccco2)c(=O)c2cc(Cl)ccc2n1C. The van der Waals surface area contributed by atoms with Crippen LogP contribution in [0.25, 0.3) is 22.2 Å². The van der Waals surface area contributed by atoms with E-state index in [4.69, 9.17) is 16.0 Å². The molecule has 0 fully saturated rings. The second-order valence-corrected chi connectivity index (χ2v) is 4.92. The van der Waals surface area contributed by atoms with Crippen LogP contribution in [0, 0.1) is 6.92 Å². The average molecular weight is 274 g/mol. The van der Waals surface area contributed by atoms with Crippen LogP contribution in [0.5, 0.6) is 0 Å². The minimum absolute atomic E-state index is 0.0527. The summed E-state index contributed by atoms with van der Waals surface area (Å²) in [4.78, 5) is 12.6. The van der Waals surface area contributed by atoms with Crippen LogP contribution in [-0.4, -0.2) is 4.57 Å². The zero-order valence-corrected chi connectivity index (χ0v) is 11.4. The van der Waals surface area contributed by atoms with Gasteiger partial charge in [-0.1, -0.05) is 11.6 Å². The summed E-state index contributed by atoms with van der Waals surface area (Å²) < 4.78 is 7.35. The summed E-state index contributed by atoms with van der Waals surface area (Å²) in [7, 11) is 1.93. The third-order valence-corrected chi connectivity index (χ3v) is 3.66. The maximum atomic E-state index is 12.6. The molecule has 96 valence electrons. The molecule has 2 heterocycles. The van der Waals surface area contributed by atoms with Gasteiger partial charge in [0.15, 0.2) is 0 Å². The highest BCUT2D eigenvalue weighted by molar-refractivity contribution is 6.31. The molecule has 0 aliphatic carbocycles. The molecule has 0 aliphatic heterocycles. The van der Waals surface area contributed by atoms with Gasteiger partial charge in [-0.3, -0.25) is 4.79 Å². The predicted molar refractivity (Wildman–Crippen MR) is 76.6 cm³/mol. The number of rotatable bonds is 1. The first-order valence-electron chi connectivity index (χ1n) is 5.92. The first-order chi connectivity index (χ1) is 9.09. The molecule has 0 N–H and O–H groups in total. The maximum Gasteiger partial charge on any atom is 0.200 e. The second-order valence-electron chi connectivity index (χ2n) is 4.49. The number of benzene rings is 1. The summed E-state index contributed by atoms with van der Waals surface area (Å²) in [6, 6.07) is 8.91. The molecule has 0 saturated carbocycles. The van der Waals surface area contributed by atoms with Gasteiger partial charge in [0.05, 0.1) is 17.3 Å². The van der Waals surface area contributed by atoms with Gasteiger partial charge < -0.3 is 8.98 Å². The monoisotopic (exact) mass is 273 g/mol. The lowest BCUT2D eigenvalue weighted by Gasteiger charge is -2.13. The molecule has 0 unspecified atom stereocenters. The number of fused-ring (bicyclic) bond motifs is 1. The topological polar surface area (TPSA) is 35.1 Å². The summed E-state index contributed by atoms with van der Waals surface area (Å²) in [5.41, 5.74) is 2.27. The van der Waals surface area contributed by atoms with E-state index < -0.39 is 0 Å². The van der Waals surface area contributed by atoms with Crippen molar-refractivity contribution in [3.8, 4) is 11.3 Å². The van der Waals surface area contributed by atoms with E-state index in [2.05, 4.69) is 0 Å². The Morgan fingerprint density at radius 3 is 2.74 bits per heavy atom. The lowest BCUT2D eigenvalue weighted by atomic mass is 10.1. The molecule has 19 heavy (non-hydrogen) atoms. The Balaban J connectivity index is 2.51. The standard InChI is InChI=1S/C15H12ClNO2/c1-9-14(13-4-3-7-19-13)15(18)11-8-10(16)5-6-12(11)17(9)2/h3-8H,1-2H3. The van der Waals surface area contributed by atoms with E-state index in [0.717, 1.165) is 11.2 Å². The second kappa shape index (κ2) is 4.28. The fraction of sp³-hybridized carbons (Fsp3) is 0.133. The smallest absolute Gasteiger partial charge is 0.200 e. The Morgan fingerprint density at radius 1 is 1.26 bits per heavy atom. The summed E-state index contributed by atoms with van der Waals surface area (Å²) >= 11 is 5.99. The number of halogens is 1. The predicted octanol–water partition coefficient (Wildman–Crippen LogP) is 3.76. The molecule has 0 radical (unpaired) electrons. The van der Waals surface area contributed by atoms with E-state index >= 15 is 0 Å². The molecule has 3 aromatic rings. The molecule has 0 spiro atoms. The van der Waals surface area contributed by atoms with Gasteiger partial charge >= 0.3 is 0 Å². The maximum absolute atomic E-state index is 12.6. The molecule has 3 rings (SSSR count). The summed E-state index contributed by atoms with van der Waals surface area (Å²) in [6.45, 7) is 1.91. The third kappa shape index (κ3) is 1.78. The Morgan fingerprint density at radius 2 is 2.05 bits per heavy atom. The van der Waals surface area contributed by atoms with Crippen LogP contribution in [-0.2, 0) is 7.05 Å². The first kappa shape index (κ1) is 12.1. The van der Waals surface area contributed by atoms with Crippen molar-refractivity contribution in [2.75, 3.05) is 0 Å². The van der Waals surface area contributed by atoms with E-state index in [0.29, 0.717) is 21.7 Å². The van der Waals surface area contributed by atoms with Crippen LogP contribution in [0.3, 0.4) is 0 Å². The number of aromatic nitrogens is 1. The van der Waals surface area contributed by atoms with Gasteiger partial charge in [0.1, 0.15) is 5.76 Å². The Bertz CT molecular complexity index is 816. The van der Waals surface area contributed by atoms with E-state index in [1.807, 2.05) is 24.6 Å². The molecule has 0 bridgehead atoms. The highest BCUT2D eigenvalue weighted by Gasteiger charge is 2.15. The molecular weight excluding hydrogens is 262 g/mol. The average Bonchev–Trinajstić information content (AvgIpc) is 2.90. The van der Waals surface area contributed by atoms with Crippen molar-refractivity contribution < 1.29 is 4.42 Å². The molecular formula is C15H12ClNO2. The largest absolute Gasteiger partial charge is 0.464 e. The van der Waals surface area contributed by atoms with Crippen LogP contribution in [0.15, 0.2) is 45.8 Å². The van der Waals surface area contributed by atoms with Crippen molar-refractivity contribution in [1.82, 2.24) is 4.57 Å². The van der Waals surface area contributed by atoms with Crippen molar-refractivity contribution in [2.24, 2.45) is 7.05 Å². The van der Waals surface area contributed by atoms with Crippen LogP contribution < -0.4 is 5.43 Å². The van der Waals surface area contributed by atoms with Gasteiger partial charge in [-0.05, 0) is 37.3 Å². The van der Waals surface area contributed by atoms with Gasteiger partial charge in [-0.15, -0.1) is 0 Å². The summed E-state index contributed by atoms with van der Waals surface area (Å²) in [6.07, 6.45) is 1.57. The van der Waals surface area contributed by atoms with E-state index in [1.165, 1.54) is 0 Å². The third-order valence-electron chi connectivity index (χ3n) is 3.42. The Labute approximate surface area is 115 Å². The Hall–Kier alpha value is -2.00. The lowest BCUT2D eigenvalue weighted by molar-refractivity contribution is 0.580. The molecule has 4 heteroatoms. The van der Waals surface area contributed by atoms with Crippen molar-refractivity contribution in [3.63, 3.8) is 0 Å². The normalized spacial score (nSPS) is 11.1. The molecule has 0 atom stereocenters. The number of hydrogen-bond donors (Lipinski definition) is 0. The molecule has 2 aromatic heterocycles. The summed E-state index contributed by atoms with van der Waals surface area (Å²) in [5.74, 6) is 0.583. The lowest BCUT2D eigenvalue weighted by Crippen LogP contribution is -2.14. The molecule has 0 saturated heterocycles.